The van der Waals surface area contributed by atoms with E-state index in [0.717, 1.165) is 34.5 Å². The summed E-state index contributed by atoms with van der Waals surface area (Å²) in [5.74, 6) is -0.0889. The van der Waals surface area contributed by atoms with E-state index in [9.17, 15) is 4.79 Å². The highest BCUT2D eigenvalue weighted by Gasteiger charge is 2.26. The summed E-state index contributed by atoms with van der Waals surface area (Å²) in [6.07, 6.45) is 1.44. The molecule has 0 aliphatic carbocycles. The zero-order valence-corrected chi connectivity index (χ0v) is 18.5. The molecule has 1 heterocycles. The molecule has 1 aliphatic rings. The third-order valence-corrected chi connectivity index (χ3v) is 5.84. The smallest absolute Gasteiger partial charge is 0.250 e. The van der Waals surface area contributed by atoms with E-state index < -0.39 is 0 Å². The first kappa shape index (κ1) is 21.1. The third kappa shape index (κ3) is 4.78. The van der Waals surface area contributed by atoms with E-state index in [1.165, 1.54) is 5.56 Å². The Morgan fingerprint density at radius 3 is 2.42 bits per heavy atom. The van der Waals surface area contributed by atoms with Crippen molar-refractivity contribution in [2.24, 2.45) is 4.99 Å². The molecule has 3 nitrogen and oxygen atoms in total. The molecule has 0 saturated heterocycles. The number of nitrogens with one attached hydrogen (secondary N) is 1. The fourth-order valence-corrected chi connectivity index (χ4v) is 3.90. The number of aliphatic imine (C=N–C) groups is 1. The second-order valence-electron chi connectivity index (χ2n) is 7.73. The Balaban J connectivity index is 1.66. The molecule has 0 fully saturated rings. The maximum atomic E-state index is 13.3. The quantitative estimate of drug-likeness (QED) is 0.486. The van der Waals surface area contributed by atoms with Gasteiger partial charge in [0.1, 0.15) is 0 Å². The van der Waals surface area contributed by atoms with Crippen LogP contribution in [-0.2, 0) is 11.2 Å². The fraction of sp³-hybridized carbons (Fsp3) is 0.185. The van der Waals surface area contributed by atoms with Gasteiger partial charge in [0.15, 0.2) is 0 Å². The Morgan fingerprint density at radius 1 is 1.00 bits per heavy atom. The molecule has 3 aromatic carbocycles. The molecular weight excluding hydrogens is 404 g/mol. The standard InChI is InChI=1S/C27H25ClN2O/c1-3-19-8-7-11-22(16-19)26-24(17-25(30-26)21-9-5-4-6-10-21)27(31)29-18(2)20-12-14-23(28)15-13-20/h4-16,18H,3,17H2,1-2H3,(H,29,31). The Bertz CT molecular complexity index is 1150. The van der Waals surface area contributed by atoms with Gasteiger partial charge in [-0.25, -0.2) is 0 Å². The molecule has 0 radical (unpaired) electrons. The van der Waals surface area contributed by atoms with Crippen LogP contribution in [0.3, 0.4) is 0 Å². The Labute approximate surface area is 188 Å². The second-order valence-corrected chi connectivity index (χ2v) is 8.17. The first-order valence-corrected chi connectivity index (χ1v) is 10.9. The van der Waals surface area contributed by atoms with Crippen LogP contribution in [0.5, 0.6) is 0 Å². The van der Waals surface area contributed by atoms with Crippen LogP contribution in [0, 0.1) is 0 Å². The summed E-state index contributed by atoms with van der Waals surface area (Å²) in [6, 6.07) is 25.8. The summed E-state index contributed by atoms with van der Waals surface area (Å²) in [5.41, 5.74) is 6.64. The minimum absolute atomic E-state index is 0.0889. The molecule has 0 bridgehead atoms. The number of benzene rings is 3. The lowest BCUT2D eigenvalue weighted by atomic mass is 9.99. The van der Waals surface area contributed by atoms with Gasteiger partial charge in [0, 0.05) is 22.6 Å². The van der Waals surface area contributed by atoms with E-state index in [1.807, 2.05) is 73.7 Å². The molecule has 1 aliphatic heterocycles. The van der Waals surface area contributed by atoms with Crippen molar-refractivity contribution in [3.05, 3.63) is 112 Å². The zero-order chi connectivity index (χ0) is 21.8. The highest BCUT2D eigenvalue weighted by Crippen LogP contribution is 2.32. The SMILES string of the molecule is CCc1cccc(C2=C(C(=O)NC(C)c3ccc(Cl)cc3)CC(c3ccccc3)=N2)c1. The number of halogens is 1. The lowest BCUT2D eigenvalue weighted by molar-refractivity contribution is -0.118. The van der Waals surface area contributed by atoms with Crippen molar-refractivity contribution in [3.63, 3.8) is 0 Å². The number of carbonyl (C=O) groups is 1. The monoisotopic (exact) mass is 428 g/mol. The molecule has 156 valence electrons. The molecule has 0 aromatic heterocycles. The number of carbonyl (C=O) groups excluding carboxylic acids is 1. The predicted octanol–water partition coefficient (Wildman–Crippen LogP) is 6.38. The Hall–Kier alpha value is -3.17. The second kappa shape index (κ2) is 9.32. The van der Waals surface area contributed by atoms with E-state index in [-0.39, 0.29) is 11.9 Å². The van der Waals surface area contributed by atoms with E-state index in [1.54, 1.807) is 0 Å². The molecule has 1 amide bonds. The van der Waals surface area contributed by atoms with Gasteiger partial charge in [-0.3, -0.25) is 9.79 Å². The third-order valence-electron chi connectivity index (χ3n) is 5.58. The molecule has 31 heavy (non-hydrogen) atoms. The number of aryl methyl sites for hydroxylation is 1. The topological polar surface area (TPSA) is 41.5 Å². The summed E-state index contributed by atoms with van der Waals surface area (Å²) in [6.45, 7) is 4.11. The van der Waals surface area contributed by atoms with Crippen LogP contribution in [-0.4, -0.2) is 11.6 Å². The van der Waals surface area contributed by atoms with Gasteiger partial charge in [0.2, 0.25) is 5.91 Å². The summed E-state index contributed by atoms with van der Waals surface area (Å²) in [7, 11) is 0. The van der Waals surface area contributed by atoms with Gasteiger partial charge < -0.3 is 5.32 Å². The summed E-state index contributed by atoms with van der Waals surface area (Å²) >= 11 is 6.00. The number of hydrogen-bond donors (Lipinski definition) is 1. The Morgan fingerprint density at radius 2 is 1.71 bits per heavy atom. The van der Waals surface area contributed by atoms with Crippen molar-refractivity contribution in [2.75, 3.05) is 0 Å². The maximum Gasteiger partial charge on any atom is 0.250 e. The van der Waals surface area contributed by atoms with Gasteiger partial charge in [-0.15, -0.1) is 0 Å². The van der Waals surface area contributed by atoms with Crippen molar-refractivity contribution in [2.45, 2.75) is 32.7 Å². The van der Waals surface area contributed by atoms with Crippen LogP contribution in [0.1, 0.15) is 48.6 Å². The average molecular weight is 429 g/mol. The van der Waals surface area contributed by atoms with Gasteiger partial charge in [-0.05, 0) is 48.2 Å². The average Bonchev–Trinajstić information content (AvgIpc) is 3.26. The first-order chi connectivity index (χ1) is 15.0. The van der Waals surface area contributed by atoms with E-state index >= 15 is 0 Å². The number of nitrogens with zero attached hydrogens (tertiary/aromatic N) is 1. The molecule has 3 aromatic rings. The molecule has 4 heteroatoms. The van der Waals surface area contributed by atoms with Crippen LogP contribution in [0.25, 0.3) is 5.70 Å². The van der Waals surface area contributed by atoms with Crippen molar-refractivity contribution < 1.29 is 4.79 Å². The molecule has 1 N–H and O–H groups in total. The largest absolute Gasteiger partial charge is 0.346 e. The minimum atomic E-state index is -0.138. The fourth-order valence-electron chi connectivity index (χ4n) is 3.77. The van der Waals surface area contributed by atoms with E-state index in [2.05, 4.69) is 24.4 Å². The summed E-state index contributed by atoms with van der Waals surface area (Å²) < 4.78 is 0. The highest BCUT2D eigenvalue weighted by molar-refractivity contribution is 6.30. The molecular formula is C27H25ClN2O. The summed E-state index contributed by atoms with van der Waals surface area (Å²) in [4.78, 5) is 18.3. The molecule has 1 atom stereocenters. The van der Waals surface area contributed by atoms with Crippen LogP contribution in [0.2, 0.25) is 5.02 Å². The number of rotatable bonds is 6. The Kier molecular flexibility index (Phi) is 6.34. The zero-order valence-electron chi connectivity index (χ0n) is 17.7. The number of amides is 1. The highest BCUT2D eigenvalue weighted by atomic mass is 35.5. The summed E-state index contributed by atoms with van der Waals surface area (Å²) in [5, 5.41) is 3.83. The minimum Gasteiger partial charge on any atom is -0.346 e. The van der Waals surface area contributed by atoms with Crippen LogP contribution >= 0.6 is 11.6 Å². The maximum absolute atomic E-state index is 13.3. The molecule has 1 unspecified atom stereocenters. The molecule has 0 saturated carbocycles. The predicted molar refractivity (Wildman–Crippen MR) is 128 cm³/mol. The molecule has 0 spiro atoms. The van der Waals surface area contributed by atoms with Crippen molar-refractivity contribution >= 4 is 28.9 Å². The lowest BCUT2D eigenvalue weighted by Crippen LogP contribution is -2.28. The van der Waals surface area contributed by atoms with Gasteiger partial charge in [0.05, 0.1) is 17.5 Å². The van der Waals surface area contributed by atoms with Crippen LogP contribution in [0.15, 0.2) is 89.4 Å². The van der Waals surface area contributed by atoms with Crippen molar-refractivity contribution in [3.8, 4) is 0 Å². The van der Waals surface area contributed by atoms with Gasteiger partial charge >= 0.3 is 0 Å². The normalized spacial score (nSPS) is 14.4. The van der Waals surface area contributed by atoms with Crippen molar-refractivity contribution in [1.82, 2.24) is 5.32 Å². The number of hydrogen-bond acceptors (Lipinski definition) is 2. The van der Waals surface area contributed by atoms with Crippen molar-refractivity contribution in [1.29, 1.82) is 0 Å². The van der Waals surface area contributed by atoms with Crippen LogP contribution in [0.4, 0.5) is 0 Å². The van der Waals surface area contributed by atoms with Gasteiger partial charge in [0.25, 0.3) is 0 Å². The molecule has 4 rings (SSSR count). The lowest BCUT2D eigenvalue weighted by Gasteiger charge is -2.16. The first-order valence-electron chi connectivity index (χ1n) is 10.6. The van der Waals surface area contributed by atoms with E-state index in [0.29, 0.717) is 17.0 Å². The van der Waals surface area contributed by atoms with E-state index in [4.69, 9.17) is 16.6 Å². The van der Waals surface area contributed by atoms with Crippen LogP contribution < -0.4 is 5.32 Å². The van der Waals surface area contributed by atoms with Gasteiger partial charge in [-0.2, -0.15) is 0 Å². The van der Waals surface area contributed by atoms with Gasteiger partial charge in [-0.1, -0.05) is 79.2 Å².